The minimum absolute atomic E-state index is 0.0866. The van der Waals surface area contributed by atoms with E-state index >= 15 is 0 Å². The predicted molar refractivity (Wildman–Crippen MR) is 106 cm³/mol. The highest BCUT2D eigenvalue weighted by Gasteiger charge is 2.66. The van der Waals surface area contributed by atoms with E-state index in [4.69, 9.17) is 23.2 Å². The van der Waals surface area contributed by atoms with Crippen molar-refractivity contribution >= 4 is 51.1 Å². The molecule has 3 N–H and O–H groups in total. The summed E-state index contributed by atoms with van der Waals surface area (Å²) in [5, 5.41) is 23.7. The minimum atomic E-state index is -1.77. The van der Waals surface area contributed by atoms with Gasteiger partial charge in [0.15, 0.2) is 0 Å². The molecule has 0 spiro atoms. The van der Waals surface area contributed by atoms with Crippen LogP contribution in [0.15, 0.2) is 18.2 Å². The molecule has 1 fully saturated rings. The van der Waals surface area contributed by atoms with Gasteiger partial charge in [-0.25, -0.2) is 4.39 Å². The van der Waals surface area contributed by atoms with Gasteiger partial charge < -0.3 is 15.5 Å². The topological polar surface area (TPSA) is 86.6 Å². The van der Waals surface area contributed by atoms with Gasteiger partial charge in [0.2, 0.25) is 0 Å². The van der Waals surface area contributed by atoms with Crippen molar-refractivity contribution in [3.05, 3.63) is 33.8 Å². The fourth-order valence-corrected chi connectivity index (χ4v) is 5.56. The highest BCUT2D eigenvalue weighted by Crippen LogP contribution is 2.58. The molecule has 0 aromatic heterocycles. The molecule has 150 valence electrons. The van der Waals surface area contributed by atoms with Gasteiger partial charge in [0.1, 0.15) is 6.67 Å². The number of carbonyl (C=O) groups is 2. The molecule has 0 radical (unpaired) electrons. The molecule has 5 atom stereocenters. The van der Waals surface area contributed by atoms with E-state index < -0.39 is 47.4 Å². The Morgan fingerprint density at radius 1 is 1.26 bits per heavy atom. The van der Waals surface area contributed by atoms with Crippen LogP contribution in [0.4, 0.5) is 4.39 Å². The average molecular weight is 485 g/mol. The first-order valence-corrected chi connectivity index (χ1v) is 10.3. The van der Waals surface area contributed by atoms with Crippen molar-refractivity contribution in [2.45, 2.75) is 38.3 Å². The summed E-state index contributed by atoms with van der Waals surface area (Å²) in [6.45, 7) is 2.07. The van der Waals surface area contributed by atoms with E-state index in [9.17, 15) is 24.2 Å². The molecule has 1 saturated heterocycles. The van der Waals surface area contributed by atoms with Gasteiger partial charge in [-0.1, -0.05) is 58.2 Å². The second kappa shape index (κ2) is 8.23. The SMILES string of the molecule is CCC1(C(=O)O)C(CBr)NC(CF)C(C)(C(=O)O)C1c1cccc(Cl)c1Cl. The minimum Gasteiger partial charge on any atom is -0.481 e. The van der Waals surface area contributed by atoms with Crippen LogP contribution in [0.25, 0.3) is 0 Å². The summed E-state index contributed by atoms with van der Waals surface area (Å²) in [6, 6.07) is 2.88. The predicted octanol–water partition coefficient (Wildman–Crippen LogP) is 4.35. The van der Waals surface area contributed by atoms with Crippen LogP contribution < -0.4 is 5.32 Å². The Bertz CT molecular complexity index is 752. The molecule has 9 heteroatoms. The molecule has 2 rings (SSSR count). The standard InChI is InChI=1S/C18H21BrCl2FNO4/c1-3-18(16(26)27)11(7-19)23-12(8-22)17(2,15(24)25)14(18)9-5-4-6-10(20)13(9)21/h4-6,11-12,14,23H,3,7-8H2,1-2H3,(H,24,25)(H,26,27). The summed E-state index contributed by atoms with van der Waals surface area (Å²) in [6.07, 6.45) is 0.112. The van der Waals surface area contributed by atoms with Crippen LogP contribution in [-0.4, -0.2) is 46.2 Å². The van der Waals surface area contributed by atoms with Crippen molar-refractivity contribution in [3.63, 3.8) is 0 Å². The van der Waals surface area contributed by atoms with Crippen molar-refractivity contribution in [1.29, 1.82) is 0 Å². The van der Waals surface area contributed by atoms with Crippen molar-refractivity contribution < 1.29 is 24.2 Å². The van der Waals surface area contributed by atoms with Crippen LogP contribution in [0, 0.1) is 10.8 Å². The molecule has 27 heavy (non-hydrogen) atoms. The van der Waals surface area contributed by atoms with Gasteiger partial charge in [-0.15, -0.1) is 0 Å². The van der Waals surface area contributed by atoms with E-state index in [1.807, 2.05) is 0 Å². The number of nitrogens with one attached hydrogen (secondary N) is 1. The molecular formula is C18H21BrCl2FNO4. The van der Waals surface area contributed by atoms with Gasteiger partial charge in [0, 0.05) is 17.3 Å². The molecule has 1 aliphatic rings. The normalized spacial score (nSPS) is 33.6. The number of halogens is 4. The summed E-state index contributed by atoms with van der Waals surface area (Å²) in [5.74, 6) is -3.58. The third-order valence-corrected chi connectivity index (χ3v) is 7.39. The van der Waals surface area contributed by atoms with Crippen LogP contribution in [0.2, 0.25) is 10.0 Å². The number of aliphatic carboxylic acids is 2. The maximum atomic E-state index is 13.9. The molecule has 1 aromatic rings. The molecule has 1 heterocycles. The second-order valence-corrected chi connectivity index (χ2v) is 8.38. The van der Waals surface area contributed by atoms with E-state index in [-0.39, 0.29) is 21.8 Å². The fourth-order valence-electron chi connectivity index (χ4n) is 4.38. The lowest BCUT2D eigenvalue weighted by Gasteiger charge is -2.56. The maximum absolute atomic E-state index is 13.9. The van der Waals surface area contributed by atoms with E-state index in [0.717, 1.165) is 0 Å². The molecule has 5 nitrogen and oxygen atoms in total. The van der Waals surface area contributed by atoms with E-state index in [2.05, 4.69) is 21.2 Å². The van der Waals surface area contributed by atoms with Gasteiger partial charge in [-0.3, -0.25) is 9.59 Å². The third kappa shape index (κ3) is 3.26. The number of rotatable bonds is 6. The molecule has 0 saturated carbocycles. The average Bonchev–Trinajstić information content (AvgIpc) is 2.63. The Morgan fingerprint density at radius 2 is 1.89 bits per heavy atom. The maximum Gasteiger partial charge on any atom is 0.311 e. The van der Waals surface area contributed by atoms with Crippen LogP contribution in [0.1, 0.15) is 31.7 Å². The number of carboxylic acid groups (broad SMARTS) is 2. The lowest BCUT2D eigenvalue weighted by molar-refractivity contribution is -0.172. The first-order valence-electron chi connectivity index (χ1n) is 8.41. The summed E-state index contributed by atoms with van der Waals surface area (Å²) in [4.78, 5) is 24.9. The molecule has 0 amide bonds. The van der Waals surface area contributed by atoms with Crippen molar-refractivity contribution in [1.82, 2.24) is 5.32 Å². The summed E-state index contributed by atoms with van der Waals surface area (Å²) in [7, 11) is 0. The van der Waals surface area contributed by atoms with Crippen LogP contribution in [0.3, 0.4) is 0 Å². The highest BCUT2D eigenvalue weighted by molar-refractivity contribution is 9.09. The van der Waals surface area contributed by atoms with Gasteiger partial charge in [-0.05, 0) is 25.0 Å². The number of hydrogen-bond donors (Lipinski definition) is 3. The zero-order valence-corrected chi connectivity index (χ0v) is 17.9. The Hall–Kier alpha value is -0.890. The second-order valence-electron chi connectivity index (χ2n) is 6.94. The smallest absolute Gasteiger partial charge is 0.311 e. The van der Waals surface area contributed by atoms with Crippen molar-refractivity contribution in [3.8, 4) is 0 Å². The van der Waals surface area contributed by atoms with Crippen LogP contribution in [0.5, 0.6) is 0 Å². The van der Waals surface area contributed by atoms with Crippen molar-refractivity contribution in [2.75, 3.05) is 12.0 Å². The quantitative estimate of drug-likeness (QED) is 0.522. The summed E-state index contributed by atoms with van der Waals surface area (Å²) >= 11 is 15.8. The molecule has 0 aliphatic carbocycles. The van der Waals surface area contributed by atoms with Crippen LogP contribution in [-0.2, 0) is 9.59 Å². The molecule has 1 aromatic carbocycles. The molecular weight excluding hydrogens is 464 g/mol. The Morgan fingerprint density at radius 3 is 2.33 bits per heavy atom. The third-order valence-electron chi connectivity index (χ3n) is 5.91. The molecule has 1 aliphatic heterocycles. The fraction of sp³-hybridized carbons (Fsp3) is 0.556. The van der Waals surface area contributed by atoms with Gasteiger partial charge >= 0.3 is 11.9 Å². The van der Waals surface area contributed by atoms with E-state index in [1.54, 1.807) is 19.1 Å². The zero-order valence-electron chi connectivity index (χ0n) is 14.8. The molecule has 5 unspecified atom stereocenters. The van der Waals surface area contributed by atoms with Crippen molar-refractivity contribution in [2.24, 2.45) is 10.8 Å². The largest absolute Gasteiger partial charge is 0.481 e. The first kappa shape index (κ1) is 22.4. The Kier molecular flexibility index (Phi) is 6.83. The Labute approximate surface area is 175 Å². The number of hydrogen-bond acceptors (Lipinski definition) is 3. The number of benzene rings is 1. The number of alkyl halides is 2. The van der Waals surface area contributed by atoms with Gasteiger partial charge in [0.05, 0.1) is 26.9 Å². The Balaban J connectivity index is 2.93. The van der Waals surface area contributed by atoms with Gasteiger partial charge in [0.25, 0.3) is 0 Å². The lowest BCUT2D eigenvalue weighted by Crippen LogP contribution is -2.71. The monoisotopic (exact) mass is 483 g/mol. The van der Waals surface area contributed by atoms with Crippen LogP contribution >= 0.6 is 39.1 Å². The lowest BCUT2D eigenvalue weighted by atomic mass is 9.51. The summed E-state index contributed by atoms with van der Waals surface area (Å²) < 4.78 is 13.9. The molecule has 0 bridgehead atoms. The van der Waals surface area contributed by atoms with E-state index in [0.29, 0.717) is 5.56 Å². The first-order chi connectivity index (χ1) is 12.6. The van der Waals surface area contributed by atoms with Gasteiger partial charge in [-0.2, -0.15) is 0 Å². The highest BCUT2D eigenvalue weighted by atomic mass is 79.9. The number of piperidine rings is 1. The zero-order chi connectivity index (χ0) is 20.6. The number of carboxylic acids is 2. The summed E-state index contributed by atoms with van der Waals surface area (Å²) in [5.41, 5.74) is -3.02. The van der Waals surface area contributed by atoms with E-state index in [1.165, 1.54) is 13.0 Å².